The maximum absolute atomic E-state index is 5.73. The first-order valence-electron chi connectivity index (χ1n) is 10.8. The van der Waals surface area contributed by atoms with Gasteiger partial charge in [-0.25, -0.2) is 4.99 Å². The molecule has 0 spiro atoms. The Balaban J connectivity index is 1.48. The summed E-state index contributed by atoms with van der Waals surface area (Å²) < 4.78 is 11.4. The van der Waals surface area contributed by atoms with E-state index in [1.807, 2.05) is 30.3 Å². The zero-order valence-electron chi connectivity index (χ0n) is 18.1. The van der Waals surface area contributed by atoms with Crippen LogP contribution in [-0.2, 0) is 17.8 Å². The van der Waals surface area contributed by atoms with Crippen molar-refractivity contribution >= 4 is 5.96 Å². The van der Waals surface area contributed by atoms with E-state index in [4.69, 9.17) is 14.5 Å². The first-order valence-corrected chi connectivity index (χ1v) is 10.8. The third-order valence-corrected chi connectivity index (χ3v) is 4.89. The number of nitrogens with zero attached hydrogens (tertiary/aromatic N) is 2. The van der Waals surface area contributed by atoms with E-state index in [0.29, 0.717) is 25.8 Å². The fourth-order valence-corrected chi connectivity index (χ4v) is 3.49. The predicted molar refractivity (Wildman–Crippen MR) is 122 cm³/mol. The fraction of sp³-hybridized carbons (Fsp3) is 0.458. The molecular weight excluding hydrogens is 376 g/mol. The Morgan fingerprint density at radius 3 is 2.77 bits per heavy atom. The summed E-state index contributed by atoms with van der Waals surface area (Å²) in [5, 5.41) is 6.64. The summed E-state index contributed by atoms with van der Waals surface area (Å²) in [6.45, 7) is 10.7. The van der Waals surface area contributed by atoms with Gasteiger partial charge in [-0.05, 0) is 37.1 Å². The summed E-state index contributed by atoms with van der Waals surface area (Å²) >= 11 is 0. The van der Waals surface area contributed by atoms with Gasteiger partial charge in [-0.1, -0.05) is 42.5 Å². The second-order valence-electron chi connectivity index (χ2n) is 7.52. The molecule has 2 aromatic carbocycles. The maximum atomic E-state index is 5.73. The van der Waals surface area contributed by atoms with E-state index in [9.17, 15) is 0 Å². The van der Waals surface area contributed by atoms with Crippen molar-refractivity contribution in [3.8, 4) is 5.75 Å². The molecular formula is C24H34N4O2. The summed E-state index contributed by atoms with van der Waals surface area (Å²) in [5.74, 6) is 1.69. The van der Waals surface area contributed by atoms with E-state index in [-0.39, 0.29) is 0 Å². The van der Waals surface area contributed by atoms with Gasteiger partial charge in [0.15, 0.2) is 5.96 Å². The number of hydrogen-bond donors (Lipinski definition) is 2. The molecule has 3 rings (SSSR count). The summed E-state index contributed by atoms with van der Waals surface area (Å²) in [7, 11) is 0. The predicted octanol–water partition coefficient (Wildman–Crippen LogP) is 3.04. The average Bonchev–Trinajstić information content (AvgIpc) is 2.76. The van der Waals surface area contributed by atoms with Crippen LogP contribution >= 0.6 is 0 Å². The molecule has 2 N–H and O–H groups in total. The molecule has 2 aromatic rings. The van der Waals surface area contributed by atoms with Gasteiger partial charge in [-0.15, -0.1) is 0 Å². The Labute approximate surface area is 180 Å². The summed E-state index contributed by atoms with van der Waals surface area (Å²) in [6, 6.07) is 18.6. The smallest absolute Gasteiger partial charge is 0.191 e. The number of hydrogen-bond acceptors (Lipinski definition) is 4. The van der Waals surface area contributed by atoms with Gasteiger partial charge >= 0.3 is 0 Å². The third-order valence-electron chi connectivity index (χ3n) is 4.89. The second-order valence-corrected chi connectivity index (χ2v) is 7.52. The fourth-order valence-electron chi connectivity index (χ4n) is 3.49. The van der Waals surface area contributed by atoms with E-state index >= 15 is 0 Å². The zero-order valence-corrected chi connectivity index (χ0v) is 18.1. The quantitative estimate of drug-likeness (QED) is 0.378. The van der Waals surface area contributed by atoms with Gasteiger partial charge in [-0.2, -0.15) is 0 Å². The van der Waals surface area contributed by atoms with Crippen LogP contribution in [0.3, 0.4) is 0 Å². The van der Waals surface area contributed by atoms with Crippen molar-refractivity contribution in [1.82, 2.24) is 15.5 Å². The molecule has 6 nitrogen and oxygen atoms in total. The largest absolute Gasteiger partial charge is 0.492 e. The molecule has 162 valence electrons. The number of guanidine groups is 1. The number of rotatable bonds is 9. The molecule has 1 saturated heterocycles. The standard InChI is InChI=1S/C24H34N4O2/c1-3-25-24(26-12-14-30-23-10-5-4-6-11-23)27-17-21-8-7-9-22(16-21)19-28-13-15-29-20(2)18-28/h4-11,16,20H,3,12-15,17-19H2,1-2H3,(H2,25,26,27). The molecule has 30 heavy (non-hydrogen) atoms. The van der Waals surface area contributed by atoms with Gasteiger partial charge in [0.25, 0.3) is 0 Å². The van der Waals surface area contributed by atoms with Gasteiger partial charge < -0.3 is 20.1 Å². The van der Waals surface area contributed by atoms with Crippen molar-refractivity contribution < 1.29 is 9.47 Å². The number of para-hydroxylation sites is 1. The minimum Gasteiger partial charge on any atom is -0.492 e. The maximum Gasteiger partial charge on any atom is 0.191 e. The first-order chi connectivity index (χ1) is 14.7. The van der Waals surface area contributed by atoms with Crippen molar-refractivity contribution in [1.29, 1.82) is 0 Å². The van der Waals surface area contributed by atoms with Gasteiger partial charge in [0.2, 0.25) is 0 Å². The zero-order chi connectivity index (χ0) is 21.0. The highest BCUT2D eigenvalue weighted by Crippen LogP contribution is 2.13. The number of aliphatic imine (C=N–C) groups is 1. The highest BCUT2D eigenvalue weighted by atomic mass is 16.5. The molecule has 0 bridgehead atoms. The van der Waals surface area contributed by atoms with E-state index < -0.39 is 0 Å². The Kier molecular flexibility index (Phi) is 9.00. The van der Waals surface area contributed by atoms with Crippen LogP contribution in [0.4, 0.5) is 0 Å². The monoisotopic (exact) mass is 410 g/mol. The van der Waals surface area contributed by atoms with Crippen molar-refractivity contribution in [2.24, 2.45) is 4.99 Å². The highest BCUT2D eigenvalue weighted by molar-refractivity contribution is 5.79. The van der Waals surface area contributed by atoms with Crippen LogP contribution in [0.2, 0.25) is 0 Å². The lowest BCUT2D eigenvalue weighted by molar-refractivity contribution is -0.0212. The van der Waals surface area contributed by atoms with E-state index in [2.05, 4.69) is 53.6 Å². The van der Waals surface area contributed by atoms with Crippen molar-refractivity contribution in [3.63, 3.8) is 0 Å². The van der Waals surface area contributed by atoms with Crippen LogP contribution in [-0.4, -0.2) is 56.4 Å². The lowest BCUT2D eigenvalue weighted by Crippen LogP contribution is -2.40. The van der Waals surface area contributed by atoms with Gasteiger partial charge in [0.1, 0.15) is 12.4 Å². The molecule has 1 fully saturated rings. The first kappa shape index (κ1) is 22.1. The van der Waals surface area contributed by atoms with Crippen molar-refractivity contribution in [2.75, 3.05) is 39.4 Å². The lowest BCUT2D eigenvalue weighted by Gasteiger charge is -2.31. The topological polar surface area (TPSA) is 58.1 Å². The average molecular weight is 411 g/mol. The lowest BCUT2D eigenvalue weighted by atomic mass is 10.1. The molecule has 0 amide bonds. The minimum atomic E-state index is 0.311. The number of nitrogens with one attached hydrogen (secondary N) is 2. The molecule has 0 saturated carbocycles. The Morgan fingerprint density at radius 1 is 1.13 bits per heavy atom. The van der Waals surface area contributed by atoms with Gasteiger partial charge in [-0.3, -0.25) is 4.90 Å². The van der Waals surface area contributed by atoms with Crippen LogP contribution in [0.5, 0.6) is 5.75 Å². The van der Waals surface area contributed by atoms with Crippen LogP contribution < -0.4 is 15.4 Å². The summed E-state index contributed by atoms with van der Waals surface area (Å²) in [6.07, 6.45) is 0.311. The second kappa shape index (κ2) is 12.2. The van der Waals surface area contributed by atoms with Crippen LogP contribution in [0.1, 0.15) is 25.0 Å². The third kappa shape index (κ3) is 7.69. The molecule has 0 aliphatic carbocycles. The van der Waals surface area contributed by atoms with E-state index in [1.54, 1.807) is 0 Å². The van der Waals surface area contributed by atoms with Gasteiger partial charge in [0, 0.05) is 26.2 Å². The molecule has 6 heteroatoms. The minimum absolute atomic E-state index is 0.311. The Morgan fingerprint density at radius 2 is 1.97 bits per heavy atom. The molecule has 0 radical (unpaired) electrons. The van der Waals surface area contributed by atoms with Crippen LogP contribution in [0.15, 0.2) is 59.6 Å². The van der Waals surface area contributed by atoms with Crippen LogP contribution in [0, 0.1) is 0 Å². The number of benzene rings is 2. The molecule has 1 unspecified atom stereocenters. The van der Waals surface area contributed by atoms with Crippen molar-refractivity contribution in [2.45, 2.75) is 33.0 Å². The van der Waals surface area contributed by atoms with E-state index in [1.165, 1.54) is 11.1 Å². The van der Waals surface area contributed by atoms with Crippen molar-refractivity contribution in [3.05, 3.63) is 65.7 Å². The van der Waals surface area contributed by atoms with Crippen LogP contribution in [0.25, 0.3) is 0 Å². The molecule has 1 atom stereocenters. The Bertz CT molecular complexity index is 782. The highest BCUT2D eigenvalue weighted by Gasteiger charge is 2.16. The van der Waals surface area contributed by atoms with Gasteiger partial charge in [0.05, 0.1) is 25.8 Å². The summed E-state index contributed by atoms with van der Waals surface area (Å²) in [4.78, 5) is 7.19. The molecule has 1 aliphatic heterocycles. The number of ether oxygens (including phenoxy) is 2. The SMILES string of the molecule is CCNC(=NCc1cccc(CN2CCOC(C)C2)c1)NCCOc1ccccc1. The molecule has 0 aromatic heterocycles. The van der Waals surface area contributed by atoms with E-state index in [0.717, 1.165) is 44.5 Å². The Hall–Kier alpha value is -2.57. The summed E-state index contributed by atoms with van der Waals surface area (Å²) in [5.41, 5.74) is 2.54. The molecule has 1 aliphatic rings. The molecule has 1 heterocycles. The number of morpholine rings is 1. The normalized spacial score (nSPS) is 17.5.